The Hall–Kier alpha value is -0.470. The zero-order valence-corrected chi connectivity index (χ0v) is 23.8. The highest BCUT2D eigenvalue weighted by atomic mass is 79.9. The molecular weight excluding hydrogens is 598 g/mol. The highest BCUT2D eigenvalue weighted by Crippen LogP contribution is 2.29. The van der Waals surface area contributed by atoms with Gasteiger partial charge in [-0.2, -0.15) is 0 Å². The largest absolute Gasteiger partial charge is 0.386 e. The van der Waals surface area contributed by atoms with Crippen LogP contribution in [0.3, 0.4) is 0 Å². The van der Waals surface area contributed by atoms with Gasteiger partial charge in [0.1, 0.15) is 5.60 Å². The summed E-state index contributed by atoms with van der Waals surface area (Å²) in [6, 6.07) is -0.586. The Morgan fingerprint density at radius 3 is 2.00 bits per heavy atom. The maximum Gasteiger partial charge on any atom is 0.245 e. The van der Waals surface area contributed by atoms with Crippen LogP contribution in [0.15, 0.2) is 0 Å². The molecule has 0 spiro atoms. The number of amides is 3. The zero-order chi connectivity index (χ0) is 24.8. The van der Waals surface area contributed by atoms with Gasteiger partial charge in [-0.15, -0.1) is 12.3 Å². The molecule has 178 valence electrons. The molecule has 0 aliphatic rings. The molecule has 2 unspecified atom stereocenters. The average Bonchev–Trinajstić information content (AvgIpc) is 2.61. The summed E-state index contributed by atoms with van der Waals surface area (Å²) >= 11 is 9.89. The van der Waals surface area contributed by atoms with E-state index in [0.717, 1.165) is 4.90 Å². The van der Waals surface area contributed by atoms with Crippen molar-refractivity contribution in [3.63, 3.8) is 0 Å². The van der Waals surface area contributed by atoms with Crippen LogP contribution in [-0.4, -0.2) is 66.4 Å². The molecule has 0 aliphatic heterocycles. The van der Waals surface area contributed by atoms with Crippen molar-refractivity contribution < 1.29 is 19.5 Å². The van der Waals surface area contributed by atoms with Gasteiger partial charge in [0.25, 0.3) is 0 Å². The SMILES string of the molecule is C#CCC(N)CC(O)(CNC(=O)C(C)(C)Br)CN(C(=O)C(C)(C)Br)C(=O)C(C)(C)CBr. The quantitative estimate of drug-likeness (QED) is 0.240. The maximum absolute atomic E-state index is 13.3. The molecule has 10 heteroatoms. The molecule has 31 heavy (non-hydrogen) atoms. The van der Waals surface area contributed by atoms with E-state index in [0.29, 0.717) is 5.33 Å². The van der Waals surface area contributed by atoms with Crippen molar-refractivity contribution in [3.05, 3.63) is 0 Å². The van der Waals surface area contributed by atoms with Gasteiger partial charge in [0.2, 0.25) is 17.7 Å². The number of carbonyl (C=O) groups excluding carboxylic acids is 3. The Balaban J connectivity index is 6.11. The predicted molar refractivity (Wildman–Crippen MR) is 134 cm³/mol. The Kier molecular flexibility index (Phi) is 11.4. The van der Waals surface area contributed by atoms with Crippen molar-refractivity contribution in [1.82, 2.24) is 10.2 Å². The summed E-state index contributed by atoms with van der Waals surface area (Å²) in [6.07, 6.45) is 5.51. The Labute approximate surface area is 211 Å². The van der Waals surface area contributed by atoms with Crippen LogP contribution in [0, 0.1) is 17.8 Å². The van der Waals surface area contributed by atoms with E-state index in [1.807, 2.05) is 0 Å². The number of imide groups is 1. The fourth-order valence-electron chi connectivity index (χ4n) is 2.63. The van der Waals surface area contributed by atoms with Crippen molar-refractivity contribution in [2.45, 2.75) is 74.7 Å². The summed E-state index contributed by atoms with van der Waals surface area (Å²) < 4.78 is -1.91. The highest BCUT2D eigenvalue weighted by molar-refractivity contribution is 9.10. The van der Waals surface area contributed by atoms with E-state index in [9.17, 15) is 19.5 Å². The molecule has 0 rings (SSSR count). The number of terminal acetylenes is 1. The Morgan fingerprint density at radius 1 is 1.10 bits per heavy atom. The third kappa shape index (κ3) is 9.91. The fraction of sp³-hybridized carbons (Fsp3) is 0.762. The number of nitrogens with one attached hydrogen (secondary N) is 1. The van der Waals surface area contributed by atoms with Gasteiger partial charge in [-0.05, 0) is 34.1 Å². The lowest BCUT2D eigenvalue weighted by molar-refractivity contribution is -0.155. The molecule has 0 saturated heterocycles. The van der Waals surface area contributed by atoms with Crippen molar-refractivity contribution in [2.24, 2.45) is 11.1 Å². The molecule has 0 heterocycles. The fourth-order valence-corrected chi connectivity index (χ4v) is 3.23. The molecule has 3 amide bonds. The normalized spacial score (nSPS) is 15.4. The number of nitrogens with two attached hydrogens (primary N) is 1. The number of carbonyl (C=O) groups is 3. The van der Waals surface area contributed by atoms with E-state index in [1.165, 1.54) is 0 Å². The highest BCUT2D eigenvalue weighted by Gasteiger charge is 2.44. The second-order valence-corrected chi connectivity index (χ2v) is 14.0. The lowest BCUT2D eigenvalue weighted by Gasteiger charge is -2.39. The third-order valence-corrected chi connectivity index (χ3v) is 6.61. The van der Waals surface area contributed by atoms with E-state index < -0.39 is 37.5 Å². The van der Waals surface area contributed by atoms with Crippen LogP contribution < -0.4 is 11.1 Å². The minimum atomic E-state index is -1.68. The number of alkyl halides is 3. The molecule has 0 fully saturated rings. The molecule has 4 N–H and O–H groups in total. The van der Waals surface area contributed by atoms with Gasteiger partial charge >= 0.3 is 0 Å². The number of rotatable bonds is 11. The molecule has 0 aromatic carbocycles. The van der Waals surface area contributed by atoms with Crippen LogP contribution in [0.25, 0.3) is 0 Å². The number of hydrogen-bond donors (Lipinski definition) is 3. The molecule has 0 bridgehead atoms. The average molecular weight is 632 g/mol. The number of hydrogen-bond acceptors (Lipinski definition) is 5. The van der Waals surface area contributed by atoms with Crippen LogP contribution in [0.5, 0.6) is 0 Å². The van der Waals surface area contributed by atoms with Gasteiger partial charge in [-0.25, -0.2) is 0 Å². The van der Waals surface area contributed by atoms with Crippen molar-refractivity contribution >= 4 is 65.5 Å². The van der Waals surface area contributed by atoms with E-state index in [-0.39, 0.29) is 31.8 Å². The number of halogens is 3. The first-order valence-electron chi connectivity index (χ1n) is 9.80. The molecule has 2 atom stereocenters. The second kappa shape index (κ2) is 11.6. The molecular formula is C21H34Br3N3O4. The van der Waals surface area contributed by atoms with E-state index in [2.05, 4.69) is 59.0 Å². The van der Waals surface area contributed by atoms with Crippen molar-refractivity contribution in [3.8, 4) is 12.3 Å². The summed E-state index contributed by atoms with van der Waals surface area (Å²) in [6.45, 7) is 9.40. The summed E-state index contributed by atoms with van der Waals surface area (Å²) in [5.41, 5.74) is 3.47. The minimum absolute atomic E-state index is 0.0191. The maximum atomic E-state index is 13.3. The predicted octanol–water partition coefficient (Wildman–Crippen LogP) is 2.70. The Bertz CT molecular complexity index is 708. The number of nitrogens with zero attached hydrogens (tertiary/aromatic N) is 1. The monoisotopic (exact) mass is 629 g/mol. The van der Waals surface area contributed by atoms with Gasteiger partial charge in [0.05, 0.1) is 20.6 Å². The van der Waals surface area contributed by atoms with E-state index >= 15 is 0 Å². The number of aliphatic hydroxyl groups is 1. The van der Waals surface area contributed by atoms with Gasteiger partial charge in [0, 0.05) is 24.3 Å². The van der Waals surface area contributed by atoms with Gasteiger partial charge in [-0.3, -0.25) is 19.3 Å². The first-order chi connectivity index (χ1) is 13.8. The summed E-state index contributed by atoms with van der Waals surface area (Å²) in [5.74, 6) is 1.11. The molecule has 0 aromatic heterocycles. The lowest BCUT2D eigenvalue weighted by atomic mass is 9.89. The second-order valence-electron chi connectivity index (χ2n) is 9.44. The first-order valence-corrected chi connectivity index (χ1v) is 12.5. The topological polar surface area (TPSA) is 113 Å². The standard InChI is InChI=1S/C21H34Br3N3O4/c1-8-9-14(25)10-21(31,12-26-15(28)19(4,5)23)13-27(17(30)20(6,7)24)16(29)18(2,3)11-22/h1,14,31H,9-13,25H2,2-7H3,(H,26,28). The van der Waals surface area contributed by atoms with Crippen molar-refractivity contribution in [2.75, 3.05) is 18.4 Å². The van der Waals surface area contributed by atoms with Crippen molar-refractivity contribution in [1.29, 1.82) is 0 Å². The van der Waals surface area contributed by atoms with Crippen LogP contribution >= 0.6 is 47.8 Å². The van der Waals surface area contributed by atoms with E-state index in [1.54, 1.807) is 41.5 Å². The first kappa shape index (κ1) is 30.5. The lowest BCUT2D eigenvalue weighted by Crippen LogP contribution is -2.60. The molecule has 0 radical (unpaired) electrons. The van der Waals surface area contributed by atoms with Crippen LogP contribution in [-0.2, 0) is 14.4 Å². The summed E-state index contributed by atoms with van der Waals surface area (Å²) in [7, 11) is 0. The molecule has 0 aliphatic carbocycles. The molecule has 7 nitrogen and oxygen atoms in total. The smallest absolute Gasteiger partial charge is 0.245 e. The van der Waals surface area contributed by atoms with Crippen LogP contribution in [0.2, 0.25) is 0 Å². The van der Waals surface area contributed by atoms with Gasteiger partial charge in [-0.1, -0.05) is 61.6 Å². The van der Waals surface area contributed by atoms with E-state index in [4.69, 9.17) is 12.2 Å². The third-order valence-electron chi connectivity index (χ3n) is 4.50. The van der Waals surface area contributed by atoms with Crippen LogP contribution in [0.4, 0.5) is 0 Å². The minimum Gasteiger partial charge on any atom is -0.386 e. The van der Waals surface area contributed by atoms with Gasteiger partial charge in [0.15, 0.2) is 0 Å². The Morgan fingerprint density at radius 2 is 1.61 bits per heavy atom. The zero-order valence-electron chi connectivity index (χ0n) is 19.0. The van der Waals surface area contributed by atoms with Crippen LogP contribution in [0.1, 0.15) is 54.4 Å². The summed E-state index contributed by atoms with van der Waals surface area (Å²) in [4.78, 5) is 39.8. The molecule has 0 saturated carbocycles. The summed E-state index contributed by atoms with van der Waals surface area (Å²) in [5, 5.41) is 14.4. The molecule has 0 aromatic rings. The van der Waals surface area contributed by atoms with Gasteiger partial charge < -0.3 is 16.2 Å².